The van der Waals surface area contributed by atoms with Crippen LogP contribution in [0.15, 0.2) is 18.2 Å². The molecule has 82 valence electrons. The predicted molar refractivity (Wildman–Crippen MR) is 61.1 cm³/mol. The molecular formula is C12H15ClFN. The van der Waals surface area contributed by atoms with Gasteiger partial charge < -0.3 is 5.32 Å². The summed E-state index contributed by atoms with van der Waals surface area (Å²) in [5, 5.41) is 3.75. The normalized spacial score (nSPS) is 26.6. The van der Waals surface area contributed by atoms with Crippen molar-refractivity contribution in [3.8, 4) is 0 Å². The van der Waals surface area contributed by atoms with Crippen LogP contribution in [0.25, 0.3) is 0 Å². The number of halogens is 2. The molecular weight excluding hydrogens is 213 g/mol. The smallest absolute Gasteiger partial charge is 0.148 e. The van der Waals surface area contributed by atoms with Gasteiger partial charge in [0.05, 0.1) is 0 Å². The summed E-state index contributed by atoms with van der Waals surface area (Å²) in [6, 6.07) is 5.47. The van der Waals surface area contributed by atoms with Crippen LogP contribution in [0.5, 0.6) is 0 Å². The molecule has 1 N–H and O–H groups in total. The van der Waals surface area contributed by atoms with Crippen LogP contribution in [0.1, 0.15) is 24.0 Å². The molecule has 1 aliphatic heterocycles. The number of piperidine rings is 1. The van der Waals surface area contributed by atoms with E-state index in [0.29, 0.717) is 18.0 Å². The highest BCUT2D eigenvalue weighted by atomic mass is 35.5. The van der Waals surface area contributed by atoms with Crippen molar-refractivity contribution in [2.75, 3.05) is 13.1 Å². The van der Waals surface area contributed by atoms with Gasteiger partial charge >= 0.3 is 0 Å². The summed E-state index contributed by atoms with van der Waals surface area (Å²) in [6.07, 6.45) is 1.46. The number of rotatable bonds is 1. The minimum absolute atomic E-state index is 0.397. The first-order chi connectivity index (χ1) is 7.13. The van der Waals surface area contributed by atoms with Crippen LogP contribution < -0.4 is 5.32 Å². The molecule has 15 heavy (non-hydrogen) atoms. The molecule has 1 atom stereocenters. The second kappa shape index (κ2) is 4.11. The second-order valence-corrected chi connectivity index (χ2v) is 4.57. The van der Waals surface area contributed by atoms with E-state index in [1.54, 1.807) is 6.07 Å². The standard InChI is InChI=1S/C12H15ClFN/c1-9-10(4-2-5-11(9)13)12(14)6-3-7-15-8-12/h2,4-5,15H,3,6-8H2,1H3. The molecule has 1 aromatic rings. The maximum Gasteiger partial charge on any atom is 0.148 e. The maximum absolute atomic E-state index is 14.6. The Morgan fingerprint density at radius 3 is 2.93 bits per heavy atom. The van der Waals surface area contributed by atoms with Crippen molar-refractivity contribution >= 4 is 11.6 Å². The lowest BCUT2D eigenvalue weighted by Gasteiger charge is -2.32. The summed E-state index contributed by atoms with van der Waals surface area (Å²) in [4.78, 5) is 0. The van der Waals surface area contributed by atoms with Crippen LogP contribution >= 0.6 is 11.6 Å². The summed E-state index contributed by atoms with van der Waals surface area (Å²) in [7, 11) is 0. The first-order valence-corrected chi connectivity index (χ1v) is 5.66. The van der Waals surface area contributed by atoms with Crippen LogP contribution in [0.4, 0.5) is 4.39 Å². The highest BCUT2D eigenvalue weighted by Crippen LogP contribution is 2.36. The van der Waals surface area contributed by atoms with E-state index in [-0.39, 0.29) is 0 Å². The Morgan fingerprint density at radius 1 is 1.47 bits per heavy atom. The van der Waals surface area contributed by atoms with Crippen molar-refractivity contribution in [2.45, 2.75) is 25.4 Å². The van der Waals surface area contributed by atoms with Gasteiger partial charge in [0, 0.05) is 11.6 Å². The Labute approximate surface area is 94.6 Å². The molecule has 0 amide bonds. The highest BCUT2D eigenvalue weighted by Gasteiger charge is 2.35. The molecule has 1 unspecified atom stereocenters. The zero-order valence-corrected chi connectivity index (χ0v) is 9.57. The number of hydrogen-bond donors (Lipinski definition) is 1. The van der Waals surface area contributed by atoms with E-state index < -0.39 is 5.67 Å². The Balaban J connectivity index is 2.39. The summed E-state index contributed by atoms with van der Waals surface area (Å²) in [5.41, 5.74) is 0.361. The minimum Gasteiger partial charge on any atom is -0.313 e. The Morgan fingerprint density at radius 2 is 2.27 bits per heavy atom. The van der Waals surface area contributed by atoms with Crippen molar-refractivity contribution in [2.24, 2.45) is 0 Å². The van der Waals surface area contributed by atoms with Crippen LogP contribution in [0.2, 0.25) is 5.02 Å². The fourth-order valence-corrected chi connectivity index (χ4v) is 2.37. The van der Waals surface area contributed by atoms with E-state index in [1.807, 2.05) is 19.1 Å². The molecule has 0 spiro atoms. The molecule has 1 saturated heterocycles. The zero-order valence-electron chi connectivity index (χ0n) is 8.82. The Kier molecular flexibility index (Phi) is 2.98. The highest BCUT2D eigenvalue weighted by molar-refractivity contribution is 6.31. The number of hydrogen-bond acceptors (Lipinski definition) is 1. The van der Waals surface area contributed by atoms with Crippen LogP contribution in [0.3, 0.4) is 0 Å². The monoisotopic (exact) mass is 227 g/mol. The average Bonchev–Trinajstić information content (AvgIpc) is 2.23. The average molecular weight is 228 g/mol. The maximum atomic E-state index is 14.6. The summed E-state index contributed by atoms with van der Waals surface area (Å²) < 4.78 is 14.6. The van der Waals surface area contributed by atoms with Gasteiger partial charge in [0.1, 0.15) is 5.67 Å². The lowest BCUT2D eigenvalue weighted by atomic mass is 9.86. The minimum atomic E-state index is -1.24. The van der Waals surface area contributed by atoms with E-state index in [1.165, 1.54) is 0 Å². The van der Waals surface area contributed by atoms with E-state index in [9.17, 15) is 4.39 Å². The van der Waals surface area contributed by atoms with Gasteiger partial charge in [0.15, 0.2) is 0 Å². The number of nitrogens with one attached hydrogen (secondary N) is 1. The lowest BCUT2D eigenvalue weighted by Crippen LogP contribution is -2.40. The van der Waals surface area contributed by atoms with Crippen LogP contribution in [-0.4, -0.2) is 13.1 Å². The molecule has 3 heteroatoms. The third-order valence-corrected chi connectivity index (χ3v) is 3.49. The molecule has 2 rings (SSSR count). The topological polar surface area (TPSA) is 12.0 Å². The van der Waals surface area contributed by atoms with Crippen molar-refractivity contribution in [1.82, 2.24) is 5.32 Å². The number of benzene rings is 1. The molecule has 1 heterocycles. The van der Waals surface area contributed by atoms with Gasteiger partial charge in [-0.25, -0.2) is 4.39 Å². The van der Waals surface area contributed by atoms with E-state index in [0.717, 1.165) is 24.1 Å². The predicted octanol–water partition coefficient (Wildman–Crippen LogP) is 3.20. The fourth-order valence-electron chi connectivity index (χ4n) is 2.19. The zero-order chi connectivity index (χ0) is 10.9. The van der Waals surface area contributed by atoms with Crippen molar-refractivity contribution < 1.29 is 4.39 Å². The van der Waals surface area contributed by atoms with E-state index in [2.05, 4.69) is 5.32 Å². The molecule has 0 radical (unpaired) electrons. The summed E-state index contributed by atoms with van der Waals surface area (Å²) in [5.74, 6) is 0. The fraction of sp³-hybridized carbons (Fsp3) is 0.500. The van der Waals surface area contributed by atoms with Gasteiger partial charge in [-0.1, -0.05) is 23.7 Å². The second-order valence-electron chi connectivity index (χ2n) is 4.16. The van der Waals surface area contributed by atoms with Crippen molar-refractivity contribution in [3.63, 3.8) is 0 Å². The largest absolute Gasteiger partial charge is 0.313 e. The molecule has 0 aliphatic carbocycles. The van der Waals surface area contributed by atoms with Gasteiger partial charge in [-0.15, -0.1) is 0 Å². The Hall–Kier alpha value is -0.600. The quantitative estimate of drug-likeness (QED) is 0.777. The number of alkyl halides is 1. The molecule has 1 nitrogen and oxygen atoms in total. The first-order valence-electron chi connectivity index (χ1n) is 5.29. The first kappa shape index (κ1) is 10.9. The molecule has 1 fully saturated rings. The molecule has 1 aliphatic rings. The van der Waals surface area contributed by atoms with Gasteiger partial charge in [0.25, 0.3) is 0 Å². The molecule has 0 bridgehead atoms. The van der Waals surface area contributed by atoms with Crippen LogP contribution in [-0.2, 0) is 5.67 Å². The molecule has 0 saturated carbocycles. The third-order valence-electron chi connectivity index (χ3n) is 3.08. The molecule has 0 aromatic heterocycles. The summed E-state index contributed by atoms with van der Waals surface area (Å²) in [6.45, 7) is 3.19. The van der Waals surface area contributed by atoms with E-state index >= 15 is 0 Å². The molecule has 1 aromatic carbocycles. The Bertz CT molecular complexity index is 359. The SMILES string of the molecule is Cc1c(Cl)cccc1C1(F)CCCNC1. The lowest BCUT2D eigenvalue weighted by molar-refractivity contribution is 0.121. The van der Waals surface area contributed by atoms with Gasteiger partial charge in [-0.05, 0) is 43.5 Å². The third kappa shape index (κ3) is 2.01. The summed E-state index contributed by atoms with van der Waals surface area (Å²) >= 11 is 6.01. The van der Waals surface area contributed by atoms with Gasteiger partial charge in [0.2, 0.25) is 0 Å². The van der Waals surface area contributed by atoms with Crippen molar-refractivity contribution in [3.05, 3.63) is 34.3 Å². The van der Waals surface area contributed by atoms with Crippen LogP contribution in [0, 0.1) is 6.92 Å². The van der Waals surface area contributed by atoms with E-state index in [4.69, 9.17) is 11.6 Å². The van der Waals surface area contributed by atoms with Crippen molar-refractivity contribution in [1.29, 1.82) is 0 Å². The van der Waals surface area contributed by atoms with Gasteiger partial charge in [-0.3, -0.25) is 0 Å². The van der Waals surface area contributed by atoms with Gasteiger partial charge in [-0.2, -0.15) is 0 Å².